The number of benzene rings is 1. The Bertz CT molecular complexity index is 520. The molecule has 0 saturated carbocycles. The molecule has 0 aliphatic carbocycles. The molecule has 16 heavy (non-hydrogen) atoms. The zero-order valence-electron chi connectivity index (χ0n) is 8.84. The first-order valence-corrected chi connectivity index (χ1v) is 4.86. The highest BCUT2D eigenvalue weighted by atomic mass is 16.1. The second-order valence-corrected chi connectivity index (χ2v) is 3.53. The molecular formula is C12H11N3O. The van der Waals surface area contributed by atoms with Gasteiger partial charge in [-0.3, -0.25) is 4.79 Å². The van der Waals surface area contributed by atoms with E-state index in [0.717, 1.165) is 11.1 Å². The summed E-state index contributed by atoms with van der Waals surface area (Å²) in [5.41, 5.74) is 7.45. The molecule has 1 aromatic heterocycles. The second kappa shape index (κ2) is 4.10. The molecule has 4 heteroatoms. The summed E-state index contributed by atoms with van der Waals surface area (Å²) in [7, 11) is 0. The highest BCUT2D eigenvalue weighted by Gasteiger charge is 2.04. The summed E-state index contributed by atoms with van der Waals surface area (Å²) in [5.74, 6) is 0.141. The molecule has 0 bridgehead atoms. The smallest absolute Gasteiger partial charge is 0.248 e. The van der Waals surface area contributed by atoms with Crippen LogP contribution in [-0.2, 0) is 0 Å². The number of nitrogens with two attached hydrogens (primary N) is 1. The molecule has 0 fully saturated rings. The number of hydrogen-bond acceptors (Lipinski definition) is 3. The van der Waals surface area contributed by atoms with E-state index >= 15 is 0 Å². The fourth-order valence-electron chi connectivity index (χ4n) is 1.35. The van der Waals surface area contributed by atoms with Gasteiger partial charge >= 0.3 is 0 Å². The first-order chi connectivity index (χ1) is 7.66. The SMILES string of the molecule is Cc1cnc(-c2cccc(C(N)=O)c2)nc1. The number of primary amides is 1. The third kappa shape index (κ3) is 2.06. The number of aromatic nitrogens is 2. The van der Waals surface area contributed by atoms with Crippen LogP contribution in [0.15, 0.2) is 36.7 Å². The van der Waals surface area contributed by atoms with Gasteiger partial charge in [-0.25, -0.2) is 9.97 Å². The fourth-order valence-corrected chi connectivity index (χ4v) is 1.35. The molecule has 2 rings (SSSR count). The van der Waals surface area contributed by atoms with Gasteiger partial charge in [-0.1, -0.05) is 12.1 Å². The fraction of sp³-hybridized carbons (Fsp3) is 0.0833. The van der Waals surface area contributed by atoms with Crippen LogP contribution in [0.1, 0.15) is 15.9 Å². The molecule has 0 unspecified atom stereocenters. The van der Waals surface area contributed by atoms with Crippen molar-refractivity contribution in [1.82, 2.24) is 9.97 Å². The van der Waals surface area contributed by atoms with Crippen LogP contribution in [0.5, 0.6) is 0 Å². The molecule has 0 radical (unpaired) electrons. The summed E-state index contributed by atoms with van der Waals surface area (Å²) in [4.78, 5) is 19.4. The number of nitrogens with zero attached hydrogens (tertiary/aromatic N) is 2. The lowest BCUT2D eigenvalue weighted by atomic mass is 10.1. The maximum atomic E-state index is 11.0. The van der Waals surface area contributed by atoms with Crippen LogP contribution in [0.2, 0.25) is 0 Å². The molecule has 0 atom stereocenters. The van der Waals surface area contributed by atoms with E-state index in [1.807, 2.05) is 13.0 Å². The summed E-state index contributed by atoms with van der Waals surface area (Å²) in [5, 5.41) is 0. The molecule has 0 aliphatic rings. The van der Waals surface area contributed by atoms with Crippen LogP contribution >= 0.6 is 0 Å². The van der Waals surface area contributed by atoms with Gasteiger partial charge in [0.1, 0.15) is 0 Å². The molecular weight excluding hydrogens is 202 g/mol. The van der Waals surface area contributed by atoms with Gasteiger partial charge < -0.3 is 5.73 Å². The molecule has 1 amide bonds. The molecule has 0 saturated heterocycles. The van der Waals surface area contributed by atoms with E-state index in [1.54, 1.807) is 30.6 Å². The second-order valence-electron chi connectivity index (χ2n) is 3.53. The summed E-state index contributed by atoms with van der Waals surface area (Å²) >= 11 is 0. The van der Waals surface area contributed by atoms with Gasteiger partial charge in [-0.15, -0.1) is 0 Å². The minimum atomic E-state index is -0.450. The van der Waals surface area contributed by atoms with Crippen LogP contribution in [-0.4, -0.2) is 15.9 Å². The Balaban J connectivity index is 2.44. The van der Waals surface area contributed by atoms with Crippen LogP contribution in [0.3, 0.4) is 0 Å². The number of hydrogen-bond donors (Lipinski definition) is 1. The zero-order valence-corrected chi connectivity index (χ0v) is 8.84. The summed E-state index contributed by atoms with van der Waals surface area (Å²) in [6.07, 6.45) is 3.47. The van der Waals surface area contributed by atoms with Gasteiger partial charge in [0.2, 0.25) is 5.91 Å². The van der Waals surface area contributed by atoms with Crippen LogP contribution in [0.25, 0.3) is 11.4 Å². The molecule has 1 heterocycles. The lowest BCUT2D eigenvalue weighted by Crippen LogP contribution is -2.10. The quantitative estimate of drug-likeness (QED) is 0.822. The minimum Gasteiger partial charge on any atom is -0.366 e. The number of carbonyl (C=O) groups excluding carboxylic acids is 1. The van der Waals surface area contributed by atoms with Gasteiger partial charge in [-0.05, 0) is 24.6 Å². The zero-order chi connectivity index (χ0) is 11.5. The minimum absolute atomic E-state index is 0.450. The molecule has 80 valence electrons. The van der Waals surface area contributed by atoms with E-state index in [1.165, 1.54) is 0 Å². The van der Waals surface area contributed by atoms with Crippen molar-refractivity contribution in [1.29, 1.82) is 0 Å². The monoisotopic (exact) mass is 213 g/mol. The largest absolute Gasteiger partial charge is 0.366 e. The Kier molecular flexibility index (Phi) is 2.64. The molecule has 2 aromatic rings. The van der Waals surface area contributed by atoms with E-state index in [9.17, 15) is 4.79 Å². The average molecular weight is 213 g/mol. The Morgan fingerprint density at radius 3 is 2.56 bits per heavy atom. The number of carbonyl (C=O) groups is 1. The van der Waals surface area contributed by atoms with Crippen molar-refractivity contribution in [3.8, 4) is 11.4 Å². The van der Waals surface area contributed by atoms with Crippen molar-refractivity contribution < 1.29 is 4.79 Å². The van der Waals surface area contributed by atoms with Crippen molar-refractivity contribution in [3.05, 3.63) is 47.8 Å². The van der Waals surface area contributed by atoms with Crippen molar-refractivity contribution in [2.45, 2.75) is 6.92 Å². The number of rotatable bonds is 2. The maximum Gasteiger partial charge on any atom is 0.248 e. The predicted molar refractivity (Wildman–Crippen MR) is 60.7 cm³/mol. The van der Waals surface area contributed by atoms with E-state index < -0.39 is 5.91 Å². The Morgan fingerprint density at radius 2 is 1.94 bits per heavy atom. The van der Waals surface area contributed by atoms with E-state index in [-0.39, 0.29) is 0 Å². The van der Waals surface area contributed by atoms with Crippen LogP contribution in [0.4, 0.5) is 0 Å². The van der Waals surface area contributed by atoms with Crippen molar-refractivity contribution >= 4 is 5.91 Å². The lowest BCUT2D eigenvalue weighted by molar-refractivity contribution is 0.100. The van der Waals surface area contributed by atoms with Gasteiger partial charge in [0.25, 0.3) is 0 Å². The average Bonchev–Trinajstić information content (AvgIpc) is 2.30. The van der Waals surface area contributed by atoms with E-state index in [2.05, 4.69) is 9.97 Å². The number of aryl methyl sites for hydroxylation is 1. The topological polar surface area (TPSA) is 68.9 Å². The van der Waals surface area contributed by atoms with Gasteiger partial charge in [0, 0.05) is 23.5 Å². The molecule has 1 aromatic carbocycles. The Hall–Kier alpha value is -2.23. The number of amides is 1. The third-order valence-electron chi connectivity index (χ3n) is 2.19. The summed E-state index contributed by atoms with van der Waals surface area (Å²) < 4.78 is 0. The summed E-state index contributed by atoms with van der Waals surface area (Å²) in [6.45, 7) is 1.92. The highest BCUT2D eigenvalue weighted by molar-refractivity contribution is 5.93. The van der Waals surface area contributed by atoms with Gasteiger partial charge in [-0.2, -0.15) is 0 Å². The third-order valence-corrected chi connectivity index (χ3v) is 2.19. The standard InChI is InChI=1S/C12H11N3O/c1-8-6-14-12(15-7-8)10-4-2-3-9(5-10)11(13)16/h2-7H,1H3,(H2,13,16). The lowest BCUT2D eigenvalue weighted by Gasteiger charge is -2.01. The molecule has 4 nitrogen and oxygen atoms in total. The van der Waals surface area contributed by atoms with Crippen molar-refractivity contribution in [2.75, 3.05) is 0 Å². The van der Waals surface area contributed by atoms with Crippen LogP contribution < -0.4 is 5.73 Å². The summed E-state index contributed by atoms with van der Waals surface area (Å²) in [6, 6.07) is 6.96. The Morgan fingerprint density at radius 1 is 1.25 bits per heavy atom. The van der Waals surface area contributed by atoms with Gasteiger partial charge in [0.15, 0.2) is 5.82 Å². The predicted octanol–water partition coefficient (Wildman–Crippen LogP) is 1.55. The van der Waals surface area contributed by atoms with Crippen molar-refractivity contribution in [2.24, 2.45) is 5.73 Å². The van der Waals surface area contributed by atoms with Crippen molar-refractivity contribution in [3.63, 3.8) is 0 Å². The first kappa shape index (κ1) is 10.3. The van der Waals surface area contributed by atoms with Gasteiger partial charge in [0.05, 0.1) is 0 Å². The normalized spacial score (nSPS) is 10.1. The maximum absolute atomic E-state index is 11.0. The molecule has 0 aliphatic heterocycles. The molecule has 2 N–H and O–H groups in total. The molecule has 0 spiro atoms. The Labute approximate surface area is 93.2 Å². The van der Waals surface area contributed by atoms with E-state index in [0.29, 0.717) is 11.4 Å². The van der Waals surface area contributed by atoms with E-state index in [4.69, 9.17) is 5.73 Å². The van der Waals surface area contributed by atoms with Crippen LogP contribution in [0, 0.1) is 6.92 Å². The first-order valence-electron chi connectivity index (χ1n) is 4.86. The highest BCUT2D eigenvalue weighted by Crippen LogP contribution is 2.15.